The summed E-state index contributed by atoms with van der Waals surface area (Å²) in [4.78, 5) is 45.2. The zero-order valence-electron chi connectivity index (χ0n) is 20.2. The van der Waals surface area contributed by atoms with Crippen molar-refractivity contribution in [2.24, 2.45) is 5.92 Å². The van der Waals surface area contributed by atoms with Crippen molar-refractivity contribution in [3.63, 3.8) is 0 Å². The van der Waals surface area contributed by atoms with Crippen LogP contribution in [0.1, 0.15) is 39.2 Å². The normalized spacial score (nSPS) is 13.8. The number of imidazole rings is 1. The van der Waals surface area contributed by atoms with E-state index < -0.39 is 30.0 Å². The minimum absolute atomic E-state index is 0.135. The zero-order valence-corrected chi connectivity index (χ0v) is 20.2. The third kappa shape index (κ3) is 7.65. The number of benzene rings is 2. The molecule has 1 aromatic heterocycles. The van der Waals surface area contributed by atoms with Crippen LogP contribution in [-0.4, -0.2) is 51.0 Å². The van der Waals surface area contributed by atoms with Gasteiger partial charge in [0.05, 0.1) is 17.1 Å². The number of amides is 2. The number of carbonyl (C=O) groups excluding carboxylic acids is 2. The van der Waals surface area contributed by atoms with Crippen LogP contribution < -0.4 is 16.0 Å². The van der Waals surface area contributed by atoms with Gasteiger partial charge in [-0.3, -0.25) is 25.0 Å². The molecule has 0 aliphatic carbocycles. The lowest BCUT2D eigenvalue weighted by molar-refractivity contribution is -0.139. The molecule has 35 heavy (non-hydrogen) atoms. The average Bonchev–Trinajstić information content (AvgIpc) is 3.23. The van der Waals surface area contributed by atoms with Gasteiger partial charge in [-0.05, 0) is 49.8 Å². The summed E-state index contributed by atoms with van der Waals surface area (Å²) in [5, 5.41) is 17.8. The predicted molar refractivity (Wildman–Crippen MR) is 135 cm³/mol. The number of fused-ring (bicyclic) bond motifs is 1. The van der Waals surface area contributed by atoms with Gasteiger partial charge in [-0.1, -0.05) is 56.3 Å². The molecular formula is C26H33N5O4. The second-order valence-corrected chi connectivity index (χ2v) is 9.09. The molecule has 0 saturated heterocycles. The Hall–Kier alpha value is -3.72. The molecule has 5 N–H and O–H groups in total. The van der Waals surface area contributed by atoms with Crippen LogP contribution >= 0.6 is 0 Å². The molecule has 0 aliphatic rings. The van der Waals surface area contributed by atoms with Crippen LogP contribution in [-0.2, 0) is 20.8 Å². The van der Waals surface area contributed by atoms with Gasteiger partial charge in [0.15, 0.2) is 0 Å². The second-order valence-electron chi connectivity index (χ2n) is 9.09. The van der Waals surface area contributed by atoms with E-state index in [1.54, 1.807) is 0 Å². The van der Waals surface area contributed by atoms with Crippen molar-refractivity contribution in [2.75, 3.05) is 5.32 Å². The fourth-order valence-corrected chi connectivity index (χ4v) is 3.81. The first-order chi connectivity index (χ1) is 16.7. The first-order valence-corrected chi connectivity index (χ1v) is 11.8. The minimum Gasteiger partial charge on any atom is -0.480 e. The Bertz CT molecular complexity index is 1110. The number of aromatic amines is 1. The molecule has 0 bridgehead atoms. The summed E-state index contributed by atoms with van der Waals surface area (Å²) in [6.45, 7) is 5.42. The summed E-state index contributed by atoms with van der Waals surface area (Å²) in [5.41, 5.74) is 2.55. The number of aliphatic carboxylic acids is 1. The van der Waals surface area contributed by atoms with Crippen molar-refractivity contribution in [3.8, 4) is 0 Å². The molecule has 9 heteroatoms. The summed E-state index contributed by atoms with van der Waals surface area (Å²) < 4.78 is 0. The lowest BCUT2D eigenvalue weighted by Gasteiger charge is -2.25. The van der Waals surface area contributed by atoms with Crippen LogP contribution in [0, 0.1) is 5.92 Å². The Kier molecular flexibility index (Phi) is 8.97. The van der Waals surface area contributed by atoms with E-state index >= 15 is 0 Å². The van der Waals surface area contributed by atoms with E-state index in [4.69, 9.17) is 0 Å². The number of aromatic nitrogens is 2. The van der Waals surface area contributed by atoms with E-state index in [0.717, 1.165) is 16.6 Å². The zero-order chi connectivity index (χ0) is 25.4. The number of H-pyrrole nitrogens is 1. The highest BCUT2D eigenvalue weighted by Gasteiger charge is 2.28. The Labute approximate surface area is 204 Å². The van der Waals surface area contributed by atoms with Gasteiger partial charge < -0.3 is 15.4 Å². The number of aryl methyl sites for hydroxylation is 1. The maximum Gasteiger partial charge on any atom is 0.320 e. The van der Waals surface area contributed by atoms with Gasteiger partial charge in [-0.25, -0.2) is 4.98 Å². The number of para-hydroxylation sites is 2. The van der Waals surface area contributed by atoms with E-state index in [1.807, 2.05) is 68.4 Å². The monoisotopic (exact) mass is 479 g/mol. The first-order valence-electron chi connectivity index (χ1n) is 11.8. The summed E-state index contributed by atoms with van der Waals surface area (Å²) in [7, 11) is 0. The van der Waals surface area contributed by atoms with E-state index in [9.17, 15) is 19.5 Å². The quantitative estimate of drug-likeness (QED) is 0.271. The Balaban J connectivity index is 1.72. The maximum absolute atomic E-state index is 13.2. The summed E-state index contributed by atoms with van der Waals surface area (Å²) in [6, 6.07) is 14.6. The van der Waals surface area contributed by atoms with Gasteiger partial charge in [0.2, 0.25) is 17.8 Å². The molecule has 9 nitrogen and oxygen atoms in total. The van der Waals surface area contributed by atoms with Gasteiger partial charge in [0.25, 0.3) is 0 Å². The van der Waals surface area contributed by atoms with Gasteiger partial charge in [0.1, 0.15) is 12.1 Å². The topological polar surface area (TPSA) is 136 Å². The molecule has 0 unspecified atom stereocenters. The summed E-state index contributed by atoms with van der Waals surface area (Å²) in [5.74, 6) is -1.42. The number of rotatable bonds is 12. The molecule has 0 radical (unpaired) electrons. The number of hydrogen-bond donors (Lipinski definition) is 5. The summed E-state index contributed by atoms with van der Waals surface area (Å²) >= 11 is 0. The molecule has 0 fully saturated rings. The Morgan fingerprint density at radius 1 is 0.943 bits per heavy atom. The van der Waals surface area contributed by atoms with Gasteiger partial charge >= 0.3 is 5.97 Å². The van der Waals surface area contributed by atoms with Crippen LogP contribution in [0.5, 0.6) is 0 Å². The summed E-state index contributed by atoms with van der Waals surface area (Å²) in [6.07, 6.45) is 1.38. The number of carboxylic acids is 1. The molecule has 2 aromatic carbocycles. The third-order valence-corrected chi connectivity index (χ3v) is 5.67. The van der Waals surface area contributed by atoms with Crippen LogP contribution in [0.3, 0.4) is 0 Å². The molecule has 0 spiro atoms. The molecule has 0 saturated carbocycles. The largest absolute Gasteiger partial charge is 0.480 e. The highest BCUT2D eigenvalue weighted by atomic mass is 16.4. The highest BCUT2D eigenvalue weighted by Crippen LogP contribution is 2.15. The van der Waals surface area contributed by atoms with Crippen molar-refractivity contribution in [2.45, 2.75) is 58.2 Å². The third-order valence-electron chi connectivity index (χ3n) is 5.67. The minimum atomic E-state index is -1.05. The van der Waals surface area contributed by atoms with Crippen molar-refractivity contribution in [1.82, 2.24) is 20.6 Å². The number of anilines is 1. The lowest BCUT2D eigenvalue weighted by Crippen LogP contribution is -2.54. The molecule has 186 valence electrons. The highest BCUT2D eigenvalue weighted by molar-refractivity contribution is 5.97. The van der Waals surface area contributed by atoms with Crippen LogP contribution in [0.15, 0.2) is 54.6 Å². The maximum atomic E-state index is 13.2. The van der Waals surface area contributed by atoms with E-state index in [1.165, 1.54) is 6.92 Å². The lowest BCUT2D eigenvalue weighted by atomic mass is 10.0. The molecule has 2 amide bonds. The Morgan fingerprint density at radius 3 is 2.29 bits per heavy atom. The molecular weight excluding hydrogens is 446 g/mol. The van der Waals surface area contributed by atoms with Crippen LogP contribution in [0.25, 0.3) is 11.0 Å². The molecule has 3 aromatic rings. The number of carboxylic acid groups (broad SMARTS) is 1. The van der Waals surface area contributed by atoms with Crippen molar-refractivity contribution in [1.29, 1.82) is 0 Å². The molecule has 3 atom stereocenters. The van der Waals surface area contributed by atoms with E-state index in [-0.39, 0.29) is 11.8 Å². The van der Waals surface area contributed by atoms with Gasteiger partial charge in [0, 0.05) is 0 Å². The number of nitrogens with one attached hydrogen (secondary N) is 4. The van der Waals surface area contributed by atoms with Gasteiger partial charge in [-0.15, -0.1) is 0 Å². The molecule has 3 rings (SSSR count). The molecule has 0 aliphatic heterocycles. The smallest absolute Gasteiger partial charge is 0.320 e. The second kappa shape index (κ2) is 12.1. The Morgan fingerprint density at radius 2 is 1.63 bits per heavy atom. The standard InChI is InChI=1S/C26H33N5O4/c1-16(2)15-22(24(33)31-26-29-19-11-7-8-12-20(19)30-26)28-23(32)21(27-17(3)25(34)35)14-13-18-9-5-4-6-10-18/h4-12,16-17,21-22,27H,13-15H2,1-3H3,(H,28,32)(H,34,35)(H2,29,30,31,33)/t17-,21+,22+/m1/s1. The fourth-order valence-electron chi connectivity index (χ4n) is 3.81. The van der Waals surface area contributed by atoms with Crippen molar-refractivity contribution in [3.05, 3.63) is 60.2 Å². The van der Waals surface area contributed by atoms with E-state index in [2.05, 4.69) is 25.9 Å². The van der Waals surface area contributed by atoms with E-state index in [0.29, 0.717) is 25.2 Å². The number of carbonyl (C=O) groups is 3. The van der Waals surface area contributed by atoms with Crippen molar-refractivity contribution < 1.29 is 19.5 Å². The predicted octanol–water partition coefficient (Wildman–Crippen LogP) is 3.10. The fraction of sp³-hybridized carbons (Fsp3) is 0.385. The number of nitrogens with zero attached hydrogens (tertiary/aromatic N) is 1. The van der Waals surface area contributed by atoms with Crippen molar-refractivity contribution >= 4 is 34.8 Å². The SMILES string of the molecule is CC(C)C[C@H](NC(=O)[C@H](CCc1ccccc1)N[C@H](C)C(=O)O)C(=O)Nc1nc2ccccc2[nH]1. The average molecular weight is 480 g/mol. The van der Waals surface area contributed by atoms with Gasteiger partial charge in [-0.2, -0.15) is 0 Å². The first kappa shape index (κ1) is 25.9. The van der Waals surface area contributed by atoms with Crippen LogP contribution in [0.2, 0.25) is 0 Å². The number of hydrogen-bond acceptors (Lipinski definition) is 5. The van der Waals surface area contributed by atoms with Crippen LogP contribution in [0.4, 0.5) is 5.95 Å². The molecule has 1 heterocycles.